The van der Waals surface area contributed by atoms with Gasteiger partial charge in [-0.25, -0.2) is 0 Å². The van der Waals surface area contributed by atoms with E-state index in [-0.39, 0.29) is 12.2 Å². The van der Waals surface area contributed by atoms with Gasteiger partial charge in [0.1, 0.15) is 0 Å². The predicted molar refractivity (Wildman–Crippen MR) is 64.0 cm³/mol. The first kappa shape index (κ1) is 12.5. The Morgan fingerprint density at radius 3 is 2.41 bits per heavy atom. The minimum Gasteiger partial charge on any atom is -0.373 e. The van der Waals surface area contributed by atoms with Crippen molar-refractivity contribution in [2.24, 2.45) is 0 Å². The Kier molecular flexibility index (Phi) is 3.81. The van der Waals surface area contributed by atoms with Crippen LogP contribution in [0.15, 0.2) is 30.3 Å². The molecule has 0 heterocycles. The van der Waals surface area contributed by atoms with Crippen LogP contribution >= 0.6 is 0 Å². The van der Waals surface area contributed by atoms with Gasteiger partial charge in [0.25, 0.3) is 10.1 Å². The largest absolute Gasteiger partial charge is 0.373 e. The maximum atomic E-state index is 10.9. The molecule has 0 atom stereocenters. The van der Waals surface area contributed by atoms with Crippen molar-refractivity contribution in [3.8, 4) is 0 Å². The van der Waals surface area contributed by atoms with E-state index in [9.17, 15) is 8.42 Å². The summed E-state index contributed by atoms with van der Waals surface area (Å²) in [5.41, 5.74) is 1.12. The van der Waals surface area contributed by atoms with E-state index in [1.807, 2.05) is 30.3 Å². The van der Waals surface area contributed by atoms with Gasteiger partial charge in [0, 0.05) is 12.8 Å². The molecule has 1 aromatic rings. The van der Waals surface area contributed by atoms with Crippen LogP contribution < -0.4 is 0 Å². The average Bonchev–Trinajstić information content (AvgIpc) is 2.21. The van der Waals surface area contributed by atoms with E-state index in [1.54, 1.807) is 0 Å². The highest BCUT2D eigenvalue weighted by molar-refractivity contribution is 7.86. The minimum absolute atomic E-state index is 0.113. The van der Waals surface area contributed by atoms with E-state index in [4.69, 9.17) is 8.92 Å². The third-order valence-electron chi connectivity index (χ3n) is 2.69. The molecule has 94 valence electrons. The lowest BCUT2D eigenvalue weighted by molar-refractivity contribution is -0.0661. The van der Waals surface area contributed by atoms with Gasteiger partial charge < -0.3 is 4.74 Å². The quantitative estimate of drug-likeness (QED) is 0.753. The Labute approximate surface area is 102 Å². The third-order valence-corrected chi connectivity index (χ3v) is 3.31. The Balaban J connectivity index is 1.68. The second kappa shape index (κ2) is 5.16. The second-order valence-electron chi connectivity index (χ2n) is 4.31. The van der Waals surface area contributed by atoms with Crippen LogP contribution in [0.2, 0.25) is 0 Å². The zero-order chi connectivity index (χ0) is 12.3. The minimum atomic E-state index is -3.33. The first-order valence-corrected chi connectivity index (χ1v) is 7.38. The van der Waals surface area contributed by atoms with Crippen molar-refractivity contribution in [1.82, 2.24) is 0 Å². The molecule has 0 aliphatic heterocycles. The van der Waals surface area contributed by atoms with Gasteiger partial charge in [0.15, 0.2) is 0 Å². The summed E-state index contributed by atoms with van der Waals surface area (Å²) in [4.78, 5) is 0. The normalized spacial score (nSPS) is 24.3. The van der Waals surface area contributed by atoms with Crippen LogP contribution in [-0.2, 0) is 25.6 Å². The fourth-order valence-electron chi connectivity index (χ4n) is 1.77. The second-order valence-corrected chi connectivity index (χ2v) is 5.91. The smallest absolute Gasteiger partial charge is 0.264 e. The molecule has 4 nitrogen and oxygen atoms in total. The van der Waals surface area contributed by atoms with Crippen LogP contribution in [0.4, 0.5) is 0 Å². The van der Waals surface area contributed by atoms with Crippen molar-refractivity contribution < 1.29 is 17.3 Å². The summed E-state index contributed by atoms with van der Waals surface area (Å²) < 4.78 is 32.2. The van der Waals surface area contributed by atoms with Gasteiger partial charge in [-0.3, -0.25) is 4.18 Å². The predicted octanol–water partition coefficient (Wildman–Crippen LogP) is 1.71. The van der Waals surface area contributed by atoms with E-state index in [0.29, 0.717) is 19.4 Å². The lowest BCUT2D eigenvalue weighted by atomic mass is 9.92. The molecule has 0 N–H and O–H groups in total. The standard InChI is InChI=1S/C12H16O4S/c1-17(13,14)16-12-7-11(8-12)15-9-10-5-3-2-4-6-10/h2-6,11-12H,7-9H2,1H3. The van der Waals surface area contributed by atoms with Crippen LogP contribution in [0, 0.1) is 0 Å². The number of hydrogen-bond donors (Lipinski definition) is 0. The van der Waals surface area contributed by atoms with Crippen LogP contribution in [0.3, 0.4) is 0 Å². The highest BCUT2D eigenvalue weighted by atomic mass is 32.2. The van der Waals surface area contributed by atoms with Gasteiger partial charge in [-0.05, 0) is 5.56 Å². The first-order chi connectivity index (χ1) is 8.03. The Morgan fingerprint density at radius 2 is 1.82 bits per heavy atom. The van der Waals surface area contributed by atoms with Crippen LogP contribution in [0.1, 0.15) is 18.4 Å². The van der Waals surface area contributed by atoms with Gasteiger partial charge >= 0.3 is 0 Å². The average molecular weight is 256 g/mol. The Bertz CT molecular complexity index is 449. The van der Waals surface area contributed by atoms with Crippen LogP contribution in [0.5, 0.6) is 0 Å². The zero-order valence-corrected chi connectivity index (χ0v) is 10.5. The van der Waals surface area contributed by atoms with Gasteiger partial charge in [-0.1, -0.05) is 30.3 Å². The number of hydrogen-bond acceptors (Lipinski definition) is 4. The topological polar surface area (TPSA) is 52.6 Å². The van der Waals surface area contributed by atoms with E-state index in [2.05, 4.69) is 0 Å². The summed E-state index contributed by atoms with van der Waals surface area (Å²) >= 11 is 0. The van der Waals surface area contributed by atoms with E-state index < -0.39 is 10.1 Å². The molecule has 0 unspecified atom stereocenters. The molecule has 2 rings (SSSR count). The molecule has 1 aliphatic carbocycles. The van der Waals surface area contributed by atoms with Gasteiger partial charge in [0.05, 0.1) is 25.1 Å². The number of rotatable bonds is 5. The summed E-state index contributed by atoms with van der Waals surface area (Å²) in [6.45, 7) is 0.567. The van der Waals surface area contributed by atoms with Crippen molar-refractivity contribution in [3.05, 3.63) is 35.9 Å². The molecule has 0 bridgehead atoms. The molecule has 0 radical (unpaired) electrons. The lowest BCUT2D eigenvalue weighted by Crippen LogP contribution is -2.38. The van der Waals surface area contributed by atoms with Crippen molar-refractivity contribution >= 4 is 10.1 Å². The van der Waals surface area contributed by atoms with E-state index in [1.165, 1.54) is 0 Å². The molecular formula is C12H16O4S. The third kappa shape index (κ3) is 4.11. The Hall–Kier alpha value is -0.910. The van der Waals surface area contributed by atoms with E-state index in [0.717, 1.165) is 11.8 Å². The van der Waals surface area contributed by atoms with Gasteiger partial charge in [-0.15, -0.1) is 0 Å². The molecule has 0 amide bonds. The lowest BCUT2D eigenvalue weighted by Gasteiger charge is -2.33. The van der Waals surface area contributed by atoms with Crippen LogP contribution in [-0.4, -0.2) is 26.9 Å². The summed E-state index contributed by atoms with van der Waals surface area (Å²) in [7, 11) is -3.33. The molecule has 1 saturated carbocycles. The van der Waals surface area contributed by atoms with Crippen molar-refractivity contribution in [2.75, 3.05) is 6.26 Å². The van der Waals surface area contributed by atoms with Crippen molar-refractivity contribution in [1.29, 1.82) is 0 Å². The van der Waals surface area contributed by atoms with Crippen LogP contribution in [0.25, 0.3) is 0 Å². The molecule has 1 aliphatic rings. The van der Waals surface area contributed by atoms with Crippen molar-refractivity contribution in [2.45, 2.75) is 31.7 Å². The van der Waals surface area contributed by atoms with Gasteiger partial charge in [0.2, 0.25) is 0 Å². The summed E-state index contributed by atoms with van der Waals surface area (Å²) in [5, 5.41) is 0. The highest BCUT2D eigenvalue weighted by Crippen LogP contribution is 2.28. The Morgan fingerprint density at radius 1 is 1.18 bits per heavy atom. The maximum Gasteiger partial charge on any atom is 0.264 e. The highest BCUT2D eigenvalue weighted by Gasteiger charge is 2.33. The van der Waals surface area contributed by atoms with Gasteiger partial charge in [-0.2, -0.15) is 8.42 Å². The summed E-state index contributed by atoms with van der Waals surface area (Å²) in [6, 6.07) is 9.90. The van der Waals surface area contributed by atoms with E-state index >= 15 is 0 Å². The molecule has 17 heavy (non-hydrogen) atoms. The molecule has 1 fully saturated rings. The molecular weight excluding hydrogens is 240 g/mol. The molecule has 0 spiro atoms. The SMILES string of the molecule is CS(=O)(=O)OC1CC(OCc2ccccc2)C1. The number of benzene rings is 1. The molecule has 5 heteroatoms. The maximum absolute atomic E-state index is 10.9. The fourth-order valence-corrected chi connectivity index (χ4v) is 2.42. The summed E-state index contributed by atoms with van der Waals surface area (Å²) in [6.07, 6.45) is 2.29. The zero-order valence-electron chi connectivity index (χ0n) is 9.70. The summed E-state index contributed by atoms with van der Waals surface area (Å²) in [5.74, 6) is 0. The first-order valence-electron chi connectivity index (χ1n) is 5.57. The molecule has 1 aromatic carbocycles. The molecule has 0 saturated heterocycles. The molecule has 0 aromatic heterocycles. The van der Waals surface area contributed by atoms with Crippen molar-refractivity contribution in [3.63, 3.8) is 0 Å². The number of ether oxygens (including phenoxy) is 1. The fraction of sp³-hybridized carbons (Fsp3) is 0.500. The monoisotopic (exact) mass is 256 g/mol.